The maximum Gasteiger partial charge on any atom is 0.352 e. The van der Waals surface area contributed by atoms with Gasteiger partial charge in [-0.1, -0.05) is 6.07 Å². The van der Waals surface area contributed by atoms with E-state index in [1.165, 1.54) is 7.11 Å². The van der Waals surface area contributed by atoms with Gasteiger partial charge in [-0.15, -0.1) is 0 Å². The third-order valence-corrected chi connectivity index (χ3v) is 2.37. The average molecular weight is 237 g/mol. The van der Waals surface area contributed by atoms with Crippen molar-refractivity contribution in [3.63, 3.8) is 0 Å². The molecule has 0 saturated heterocycles. The van der Waals surface area contributed by atoms with E-state index in [-0.39, 0.29) is 17.9 Å². The molecule has 0 saturated carbocycles. The lowest BCUT2D eigenvalue weighted by atomic mass is 10.0. The number of hydrogen-bond donors (Lipinski definition) is 2. The summed E-state index contributed by atoms with van der Waals surface area (Å²) < 4.78 is 4.56. The van der Waals surface area contributed by atoms with Gasteiger partial charge in [-0.3, -0.25) is 4.99 Å². The summed E-state index contributed by atoms with van der Waals surface area (Å²) in [6.07, 6.45) is 0.216. The maximum absolute atomic E-state index is 11.4. The van der Waals surface area contributed by atoms with Gasteiger partial charge in [-0.25, -0.2) is 4.79 Å². The van der Waals surface area contributed by atoms with E-state index in [9.17, 15) is 9.90 Å². The topological polar surface area (TPSA) is 79.1 Å². The first-order chi connectivity index (χ1) is 8.08. The molecule has 92 valence electrons. The molecule has 5 nitrogen and oxygen atoms in total. The normalized spacial score (nSPS) is 11.4. The highest BCUT2D eigenvalue weighted by atomic mass is 16.5. The van der Waals surface area contributed by atoms with E-state index in [2.05, 4.69) is 9.73 Å². The number of aromatic hydroxyl groups is 1. The van der Waals surface area contributed by atoms with Gasteiger partial charge in [-0.2, -0.15) is 0 Å². The molecule has 17 heavy (non-hydrogen) atoms. The van der Waals surface area contributed by atoms with Crippen molar-refractivity contribution in [2.24, 2.45) is 4.99 Å². The van der Waals surface area contributed by atoms with E-state index < -0.39 is 12.7 Å². The lowest BCUT2D eigenvalue weighted by molar-refractivity contribution is -0.132. The van der Waals surface area contributed by atoms with Crippen LogP contribution in [0.5, 0.6) is 5.75 Å². The number of nitrogens with zero attached hydrogens (tertiary/aromatic N) is 1. The minimum Gasteiger partial charge on any atom is -0.508 e. The predicted octanol–water partition coefficient (Wildman–Crippen LogP) is 0.807. The molecule has 0 aliphatic heterocycles. The summed E-state index contributed by atoms with van der Waals surface area (Å²) in [5.74, 6) is -0.458. The van der Waals surface area contributed by atoms with E-state index in [1.54, 1.807) is 18.2 Å². The molecule has 1 aromatic rings. The molecular formula is C12H15NO4. The minimum absolute atomic E-state index is 0.124. The van der Waals surface area contributed by atoms with Gasteiger partial charge in [0.05, 0.1) is 7.11 Å². The van der Waals surface area contributed by atoms with Gasteiger partial charge < -0.3 is 14.9 Å². The van der Waals surface area contributed by atoms with Gasteiger partial charge in [0.2, 0.25) is 0 Å². The number of hydrogen-bond acceptors (Lipinski definition) is 5. The number of aliphatic hydroxyl groups excluding tert-OH is 1. The van der Waals surface area contributed by atoms with Crippen LogP contribution in [0, 0.1) is 6.92 Å². The predicted molar refractivity (Wildman–Crippen MR) is 63.1 cm³/mol. The number of esters is 1. The van der Waals surface area contributed by atoms with Crippen LogP contribution in [0.2, 0.25) is 0 Å². The number of aliphatic hydroxyl groups is 1. The molecule has 0 unspecified atom stereocenters. The van der Waals surface area contributed by atoms with Crippen molar-refractivity contribution >= 4 is 11.7 Å². The zero-order valence-electron chi connectivity index (χ0n) is 9.80. The second-order valence-electron chi connectivity index (χ2n) is 3.53. The second-order valence-corrected chi connectivity index (χ2v) is 3.53. The molecule has 1 aromatic carbocycles. The maximum atomic E-state index is 11.4. The third kappa shape index (κ3) is 3.57. The Labute approximate surface area is 99.4 Å². The fraction of sp³-hybridized carbons (Fsp3) is 0.333. The summed E-state index contributed by atoms with van der Waals surface area (Å²) in [6.45, 7) is 1.39. The first-order valence-corrected chi connectivity index (χ1v) is 5.09. The van der Waals surface area contributed by atoms with Crippen LogP contribution in [0.15, 0.2) is 23.2 Å². The molecular weight excluding hydrogens is 222 g/mol. The Balaban J connectivity index is 2.97. The van der Waals surface area contributed by atoms with Crippen LogP contribution in [0.3, 0.4) is 0 Å². The van der Waals surface area contributed by atoms with Crippen molar-refractivity contribution in [1.82, 2.24) is 0 Å². The quantitative estimate of drug-likeness (QED) is 0.600. The fourth-order valence-corrected chi connectivity index (χ4v) is 1.42. The number of phenolic OH excluding ortho intramolecular Hbond substituents is 1. The molecule has 0 atom stereocenters. The summed E-state index contributed by atoms with van der Waals surface area (Å²) in [4.78, 5) is 15.1. The van der Waals surface area contributed by atoms with Crippen molar-refractivity contribution in [1.29, 1.82) is 0 Å². The van der Waals surface area contributed by atoms with Gasteiger partial charge in [0.25, 0.3) is 0 Å². The monoisotopic (exact) mass is 237 g/mol. The number of rotatable bonds is 4. The first-order valence-electron chi connectivity index (χ1n) is 5.09. The van der Waals surface area contributed by atoms with E-state index >= 15 is 0 Å². The Morgan fingerprint density at radius 1 is 1.47 bits per heavy atom. The zero-order valence-corrected chi connectivity index (χ0v) is 9.80. The highest BCUT2D eigenvalue weighted by molar-refractivity contribution is 6.36. The highest BCUT2D eigenvalue weighted by Gasteiger charge is 2.13. The lowest BCUT2D eigenvalue weighted by Crippen LogP contribution is -2.19. The Morgan fingerprint density at radius 2 is 2.18 bits per heavy atom. The molecule has 0 fully saturated rings. The van der Waals surface area contributed by atoms with Crippen molar-refractivity contribution in [2.45, 2.75) is 13.3 Å². The van der Waals surface area contributed by atoms with Gasteiger partial charge in [0.1, 0.15) is 18.2 Å². The van der Waals surface area contributed by atoms with Gasteiger partial charge in [0.15, 0.2) is 0 Å². The van der Waals surface area contributed by atoms with Crippen LogP contribution in [0.4, 0.5) is 0 Å². The second kappa shape index (κ2) is 6.00. The van der Waals surface area contributed by atoms with E-state index in [1.807, 2.05) is 6.92 Å². The smallest absolute Gasteiger partial charge is 0.352 e. The molecule has 5 heteroatoms. The molecule has 0 amide bonds. The molecule has 0 aromatic heterocycles. The zero-order chi connectivity index (χ0) is 12.8. The Kier molecular flexibility index (Phi) is 4.66. The standard InChI is InChI=1S/C12H15NO4/c1-8-3-4-10(15)5-9(8)6-11(13-7-14)12(16)17-2/h3-5,14-15H,6-7H2,1-2H3/b13-11+. The van der Waals surface area contributed by atoms with Crippen LogP contribution in [0.1, 0.15) is 11.1 Å². The number of carbonyl (C=O) groups excluding carboxylic acids is 1. The van der Waals surface area contributed by atoms with Crippen molar-refractivity contribution < 1.29 is 19.7 Å². The number of aliphatic imine (C=N–C) groups is 1. The van der Waals surface area contributed by atoms with Crippen molar-refractivity contribution in [2.75, 3.05) is 13.8 Å². The molecule has 2 N–H and O–H groups in total. The van der Waals surface area contributed by atoms with E-state index in [0.717, 1.165) is 11.1 Å². The number of carbonyl (C=O) groups is 1. The minimum atomic E-state index is -0.582. The first kappa shape index (κ1) is 13.2. The highest BCUT2D eigenvalue weighted by Crippen LogP contribution is 2.17. The Bertz CT molecular complexity index is 440. The molecule has 0 heterocycles. The Morgan fingerprint density at radius 3 is 2.76 bits per heavy atom. The van der Waals surface area contributed by atoms with Crippen LogP contribution in [0.25, 0.3) is 0 Å². The van der Waals surface area contributed by atoms with Crippen LogP contribution in [-0.4, -0.2) is 35.7 Å². The van der Waals surface area contributed by atoms with Gasteiger partial charge >= 0.3 is 5.97 Å². The van der Waals surface area contributed by atoms with E-state index in [0.29, 0.717) is 0 Å². The SMILES string of the molecule is COC(=O)/C(Cc1cc(O)ccc1C)=N/CO. The number of phenols is 1. The van der Waals surface area contributed by atoms with E-state index in [4.69, 9.17) is 5.11 Å². The molecule has 0 spiro atoms. The fourth-order valence-electron chi connectivity index (χ4n) is 1.42. The summed E-state index contributed by atoms with van der Waals surface area (Å²) in [5, 5.41) is 18.1. The molecule has 1 rings (SSSR count). The van der Waals surface area contributed by atoms with Crippen LogP contribution in [-0.2, 0) is 16.0 Å². The molecule has 0 bridgehead atoms. The number of benzene rings is 1. The average Bonchev–Trinajstić information content (AvgIpc) is 2.32. The molecule has 0 aliphatic rings. The van der Waals surface area contributed by atoms with Crippen LogP contribution >= 0.6 is 0 Å². The summed E-state index contributed by atoms with van der Waals surface area (Å²) >= 11 is 0. The van der Waals surface area contributed by atoms with Gasteiger partial charge in [-0.05, 0) is 30.2 Å². The summed E-state index contributed by atoms with van der Waals surface area (Å²) in [7, 11) is 1.25. The van der Waals surface area contributed by atoms with Crippen molar-refractivity contribution in [3.8, 4) is 5.75 Å². The van der Waals surface area contributed by atoms with Crippen molar-refractivity contribution in [3.05, 3.63) is 29.3 Å². The summed E-state index contributed by atoms with van der Waals surface area (Å²) in [5.41, 5.74) is 1.82. The summed E-state index contributed by atoms with van der Waals surface area (Å²) in [6, 6.07) is 4.88. The largest absolute Gasteiger partial charge is 0.508 e. The Hall–Kier alpha value is -1.88. The molecule has 0 aliphatic carbocycles. The van der Waals surface area contributed by atoms with Gasteiger partial charge in [0, 0.05) is 6.42 Å². The lowest BCUT2D eigenvalue weighted by Gasteiger charge is -2.07. The molecule has 0 radical (unpaired) electrons. The number of methoxy groups -OCH3 is 1. The number of aryl methyl sites for hydroxylation is 1. The number of ether oxygens (including phenoxy) is 1. The third-order valence-electron chi connectivity index (χ3n) is 2.37. The van der Waals surface area contributed by atoms with Crippen LogP contribution < -0.4 is 0 Å².